The third-order valence-corrected chi connectivity index (χ3v) is 5.77. The zero-order valence-electron chi connectivity index (χ0n) is 17.0. The van der Waals surface area contributed by atoms with Crippen molar-refractivity contribution in [3.63, 3.8) is 0 Å². The number of rotatable bonds is 6. The molecule has 2 aromatic carbocycles. The summed E-state index contributed by atoms with van der Waals surface area (Å²) in [6.45, 7) is 2.40. The first-order valence-electron chi connectivity index (χ1n) is 10.2. The Labute approximate surface area is 185 Å². The molecule has 1 aliphatic heterocycles. The Balaban J connectivity index is 1.36. The Kier molecular flexibility index (Phi) is 6.34. The average Bonchev–Trinajstić information content (AvgIpc) is 3.26. The molecule has 8 heteroatoms. The Morgan fingerprint density at radius 1 is 1.13 bits per heavy atom. The highest BCUT2D eigenvalue weighted by molar-refractivity contribution is 6.32. The molecule has 7 nitrogen and oxygen atoms in total. The van der Waals surface area contributed by atoms with Crippen LogP contribution >= 0.6 is 11.6 Å². The standard InChI is InChI=1S/C23H24ClN5O2/c24-19-5-1-2-6-21(19)29-13-11-20(27-29)23(31)26-18-9-7-16(8-10-18)14-28-12-3-4-17(15-28)22(25)30/h1-2,5-11,13,17H,3-4,12,14-15H2,(H2,25,30)(H,26,31). The van der Waals surface area contributed by atoms with Crippen LogP contribution in [-0.4, -0.2) is 39.6 Å². The van der Waals surface area contributed by atoms with Gasteiger partial charge in [0.05, 0.1) is 16.6 Å². The van der Waals surface area contributed by atoms with E-state index in [0.29, 0.717) is 28.6 Å². The van der Waals surface area contributed by atoms with Crippen molar-refractivity contribution in [3.8, 4) is 5.69 Å². The molecule has 160 valence electrons. The molecule has 0 spiro atoms. The lowest BCUT2D eigenvalue weighted by Gasteiger charge is -2.31. The minimum absolute atomic E-state index is 0.0714. The van der Waals surface area contributed by atoms with Gasteiger partial charge < -0.3 is 11.1 Å². The summed E-state index contributed by atoms with van der Waals surface area (Å²) in [5.41, 5.74) is 8.28. The molecule has 1 aliphatic rings. The number of nitrogens with zero attached hydrogens (tertiary/aromatic N) is 3. The summed E-state index contributed by atoms with van der Waals surface area (Å²) in [5, 5.41) is 7.76. The third kappa shape index (κ3) is 5.13. The maximum atomic E-state index is 12.6. The van der Waals surface area contributed by atoms with Crippen molar-refractivity contribution in [1.29, 1.82) is 0 Å². The summed E-state index contributed by atoms with van der Waals surface area (Å²) >= 11 is 6.20. The summed E-state index contributed by atoms with van der Waals surface area (Å²) in [5.74, 6) is -0.587. The fraction of sp³-hybridized carbons (Fsp3) is 0.261. The van der Waals surface area contributed by atoms with Crippen molar-refractivity contribution in [2.75, 3.05) is 18.4 Å². The molecule has 31 heavy (non-hydrogen) atoms. The molecule has 0 saturated carbocycles. The number of para-hydroxylation sites is 1. The van der Waals surface area contributed by atoms with Gasteiger partial charge in [0.25, 0.3) is 5.91 Å². The zero-order chi connectivity index (χ0) is 21.8. The van der Waals surface area contributed by atoms with Gasteiger partial charge in [0.1, 0.15) is 0 Å². The molecular formula is C23H24ClN5O2. The van der Waals surface area contributed by atoms with E-state index in [1.165, 1.54) is 0 Å². The number of amides is 2. The van der Waals surface area contributed by atoms with E-state index in [2.05, 4.69) is 15.3 Å². The number of piperidine rings is 1. The van der Waals surface area contributed by atoms with Crippen molar-refractivity contribution < 1.29 is 9.59 Å². The van der Waals surface area contributed by atoms with Gasteiger partial charge in [-0.2, -0.15) is 5.10 Å². The Morgan fingerprint density at radius 2 is 1.90 bits per heavy atom. The van der Waals surface area contributed by atoms with E-state index in [-0.39, 0.29) is 17.7 Å². The van der Waals surface area contributed by atoms with Crippen LogP contribution in [0.1, 0.15) is 28.9 Å². The van der Waals surface area contributed by atoms with Gasteiger partial charge in [-0.1, -0.05) is 35.9 Å². The first kappa shape index (κ1) is 21.1. The quantitative estimate of drug-likeness (QED) is 0.617. The number of hydrogen-bond donors (Lipinski definition) is 2. The maximum Gasteiger partial charge on any atom is 0.276 e. The number of carbonyl (C=O) groups excluding carboxylic acids is 2. The molecule has 4 rings (SSSR count). The maximum absolute atomic E-state index is 12.6. The van der Waals surface area contributed by atoms with Gasteiger partial charge in [-0.3, -0.25) is 14.5 Å². The lowest BCUT2D eigenvalue weighted by atomic mass is 9.97. The minimum atomic E-state index is -0.293. The molecule has 0 radical (unpaired) electrons. The monoisotopic (exact) mass is 437 g/mol. The first-order valence-corrected chi connectivity index (χ1v) is 10.6. The molecule has 2 heterocycles. The number of nitrogens with one attached hydrogen (secondary N) is 1. The lowest BCUT2D eigenvalue weighted by molar-refractivity contribution is -0.123. The van der Waals surface area contributed by atoms with Crippen LogP contribution in [0.4, 0.5) is 5.69 Å². The third-order valence-electron chi connectivity index (χ3n) is 5.45. The average molecular weight is 438 g/mol. The van der Waals surface area contributed by atoms with Crippen molar-refractivity contribution >= 4 is 29.1 Å². The molecule has 1 fully saturated rings. The minimum Gasteiger partial charge on any atom is -0.369 e. The Bertz CT molecular complexity index is 1080. The summed E-state index contributed by atoms with van der Waals surface area (Å²) < 4.78 is 1.58. The van der Waals surface area contributed by atoms with Crippen LogP contribution in [0.25, 0.3) is 5.69 Å². The molecule has 2 amide bonds. The lowest BCUT2D eigenvalue weighted by Crippen LogP contribution is -2.40. The molecule has 0 bridgehead atoms. The summed E-state index contributed by atoms with van der Waals surface area (Å²) in [6.07, 6.45) is 3.54. The van der Waals surface area contributed by atoms with E-state index < -0.39 is 0 Å². The van der Waals surface area contributed by atoms with Crippen molar-refractivity contribution in [1.82, 2.24) is 14.7 Å². The van der Waals surface area contributed by atoms with Crippen LogP contribution in [0.5, 0.6) is 0 Å². The number of nitrogens with two attached hydrogens (primary N) is 1. The first-order chi connectivity index (χ1) is 15.0. The summed E-state index contributed by atoms with van der Waals surface area (Å²) in [4.78, 5) is 26.3. The predicted molar refractivity (Wildman–Crippen MR) is 120 cm³/mol. The second-order valence-electron chi connectivity index (χ2n) is 7.72. The number of primary amides is 1. The number of carbonyl (C=O) groups is 2. The van der Waals surface area contributed by atoms with Gasteiger partial charge in [-0.25, -0.2) is 4.68 Å². The fourth-order valence-corrected chi connectivity index (χ4v) is 4.02. The largest absolute Gasteiger partial charge is 0.369 e. The highest BCUT2D eigenvalue weighted by Gasteiger charge is 2.23. The molecule has 3 N–H and O–H groups in total. The van der Waals surface area contributed by atoms with Gasteiger partial charge in [-0.05, 0) is 55.3 Å². The molecule has 1 atom stereocenters. The van der Waals surface area contributed by atoms with Gasteiger partial charge >= 0.3 is 0 Å². The Hall–Kier alpha value is -3.16. The van der Waals surface area contributed by atoms with Gasteiger partial charge in [0, 0.05) is 25.0 Å². The van der Waals surface area contributed by atoms with Crippen LogP contribution in [0.3, 0.4) is 0 Å². The highest BCUT2D eigenvalue weighted by atomic mass is 35.5. The van der Waals surface area contributed by atoms with Gasteiger partial charge in [0.2, 0.25) is 5.91 Å². The number of likely N-dealkylation sites (tertiary alicyclic amines) is 1. The van der Waals surface area contributed by atoms with Crippen molar-refractivity contribution in [3.05, 3.63) is 77.1 Å². The Morgan fingerprint density at radius 3 is 2.65 bits per heavy atom. The summed E-state index contributed by atoms with van der Waals surface area (Å²) in [6, 6.07) is 16.7. The molecule has 1 aromatic heterocycles. The van der Waals surface area contributed by atoms with Gasteiger partial charge in [-0.15, -0.1) is 0 Å². The topological polar surface area (TPSA) is 93.3 Å². The highest BCUT2D eigenvalue weighted by Crippen LogP contribution is 2.21. The fourth-order valence-electron chi connectivity index (χ4n) is 3.79. The van der Waals surface area contributed by atoms with Crippen LogP contribution in [0.15, 0.2) is 60.8 Å². The number of halogens is 1. The molecule has 1 unspecified atom stereocenters. The van der Waals surface area contributed by atoms with E-state index in [9.17, 15) is 9.59 Å². The van der Waals surface area contributed by atoms with E-state index in [4.69, 9.17) is 17.3 Å². The van der Waals surface area contributed by atoms with E-state index >= 15 is 0 Å². The predicted octanol–water partition coefficient (Wildman–Crippen LogP) is 3.48. The smallest absolute Gasteiger partial charge is 0.276 e. The van der Waals surface area contributed by atoms with E-state index in [0.717, 1.165) is 31.5 Å². The van der Waals surface area contributed by atoms with Crippen LogP contribution in [-0.2, 0) is 11.3 Å². The van der Waals surface area contributed by atoms with Crippen molar-refractivity contribution in [2.45, 2.75) is 19.4 Å². The van der Waals surface area contributed by atoms with Crippen LogP contribution in [0.2, 0.25) is 5.02 Å². The van der Waals surface area contributed by atoms with Crippen LogP contribution in [0, 0.1) is 5.92 Å². The van der Waals surface area contributed by atoms with E-state index in [1.54, 1.807) is 23.0 Å². The van der Waals surface area contributed by atoms with E-state index in [1.807, 2.05) is 42.5 Å². The second kappa shape index (κ2) is 9.32. The zero-order valence-corrected chi connectivity index (χ0v) is 17.8. The van der Waals surface area contributed by atoms with Crippen molar-refractivity contribution in [2.24, 2.45) is 11.7 Å². The number of benzene rings is 2. The van der Waals surface area contributed by atoms with Crippen LogP contribution < -0.4 is 11.1 Å². The molecular weight excluding hydrogens is 414 g/mol. The number of aromatic nitrogens is 2. The summed E-state index contributed by atoms with van der Waals surface area (Å²) in [7, 11) is 0. The number of hydrogen-bond acceptors (Lipinski definition) is 4. The number of anilines is 1. The normalized spacial score (nSPS) is 16.7. The SMILES string of the molecule is NC(=O)C1CCCN(Cc2ccc(NC(=O)c3ccn(-c4ccccc4Cl)n3)cc2)C1. The molecule has 0 aliphatic carbocycles. The van der Waals surface area contributed by atoms with Gasteiger partial charge in [0.15, 0.2) is 5.69 Å². The molecule has 1 saturated heterocycles. The molecule has 3 aromatic rings. The second-order valence-corrected chi connectivity index (χ2v) is 8.13.